The predicted molar refractivity (Wildman–Crippen MR) is 53.7 cm³/mol. The molecule has 0 fully saturated rings. The molecule has 0 saturated carbocycles. The van der Waals surface area contributed by atoms with Crippen LogP contribution in [0, 0.1) is 5.92 Å². The molecule has 0 aliphatic heterocycles. The second-order valence-corrected chi connectivity index (χ2v) is 3.31. The summed E-state index contributed by atoms with van der Waals surface area (Å²) in [5, 5.41) is 2.65. The van der Waals surface area contributed by atoms with Gasteiger partial charge in [-0.15, -0.1) is 0 Å². The molecule has 0 spiro atoms. The molecule has 1 amide bonds. The van der Waals surface area contributed by atoms with Crippen LogP contribution < -0.4 is 5.32 Å². The van der Waals surface area contributed by atoms with Gasteiger partial charge in [0, 0.05) is 6.42 Å². The average Bonchev–Trinajstić information content (AvgIpc) is 2.23. The topological polar surface area (TPSA) is 55.4 Å². The van der Waals surface area contributed by atoms with E-state index in [1.807, 2.05) is 13.8 Å². The molecule has 0 bridgehead atoms. The number of nitrogens with one attached hydrogen (secondary N) is 1. The molecule has 0 aromatic carbocycles. The van der Waals surface area contributed by atoms with E-state index in [1.165, 1.54) is 7.11 Å². The Labute approximate surface area is 85.0 Å². The molecule has 0 heterocycles. The van der Waals surface area contributed by atoms with Crippen LogP contribution in [-0.2, 0) is 14.3 Å². The summed E-state index contributed by atoms with van der Waals surface area (Å²) >= 11 is 0. The van der Waals surface area contributed by atoms with Gasteiger partial charge in [-0.3, -0.25) is 4.79 Å². The summed E-state index contributed by atoms with van der Waals surface area (Å²) < 4.78 is 4.63. The molecule has 2 unspecified atom stereocenters. The average molecular weight is 201 g/mol. The normalized spacial score (nSPS) is 14.3. The first-order valence-corrected chi connectivity index (χ1v) is 4.93. The van der Waals surface area contributed by atoms with E-state index in [2.05, 4.69) is 10.1 Å². The SMILES string of the molecule is CCC(=O)NC(C(=O)OC)C(C)CC. The van der Waals surface area contributed by atoms with E-state index >= 15 is 0 Å². The lowest BCUT2D eigenvalue weighted by Gasteiger charge is -2.21. The Morgan fingerprint density at radius 3 is 2.29 bits per heavy atom. The van der Waals surface area contributed by atoms with Crippen molar-refractivity contribution in [3.63, 3.8) is 0 Å². The van der Waals surface area contributed by atoms with Gasteiger partial charge in [-0.05, 0) is 5.92 Å². The van der Waals surface area contributed by atoms with Gasteiger partial charge in [-0.2, -0.15) is 0 Å². The van der Waals surface area contributed by atoms with Gasteiger partial charge < -0.3 is 10.1 Å². The number of carbonyl (C=O) groups excluding carboxylic acids is 2. The number of hydrogen-bond acceptors (Lipinski definition) is 3. The van der Waals surface area contributed by atoms with Crippen molar-refractivity contribution >= 4 is 11.9 Å². The second kappa shape index (κ2) is 6.40. The number of hydrogen-bond donors (Lipinski definition) is 1. The maximum Gasteiger partial charge on any atom is 0.328 e. The van der Waals surface area contributed by atoms with E-state index < -0.39 is 6.04 Å². The van der Waals surface area contributed by atoms with Gasteiger partial charge in [0.15, 0.2) is 0 Å². The number of esters is 1. The van der Waals surface area contributed by atoms with E-state index in [4.69, 9.17) is 0 Å². The molecule has 0 rings (SSSR count). The molecule has 0 radical (unpaired) electrons. The van der Waals surface area contributed by atoms with Gasteiger partial charge in [0.1, 0.15) is 6.04 Å². The van der Waals surface area contributed by atoms with Gasteiger partial charge in [-0.1, -0.05) is 27.2 Å². The Bertz CT molecular complexity index is 204. The van der Waals surface area contributed by atoms with Crippen molar-refractivity contribution in [2.24, 2.45) is 5.92 Å². The number of rotatable bonds is 5. The zero-order valence-corrected chi connectivity index (χ0v) is 9.29. The lowest BCUT2D eigenvalue weighted by atomic mass is 9.99. The van der Waals surface area contributed by atoms with Gasteiger partial charge in [0.25, 0.3) is 0 Å². The maximum atomic E-state index is 11.3. The molecule has 4 nitrogen and oxygen atoms in total. The summed E-state index contributed by atoms with van der Waals surface area (Å²) in [4.78, 5) is 22.5. The fourth-order valence-electron chi connectivity index (χ4n) is 1.07. The van der Waals surface area contributed by atoms with E-state index in [0.29, 0.717) is 6.42 Å². The Morgan fingerprint density at radius 1 is 1.36 bits per heavy atom. The van der Waals surface area contributed by atoms with Crippen LogP contribution in [0.25, 0.3) is 0 Å². The Morgan fingerprint density at radius 2 is 1.93 bits per heavy atom. The molecule has 0 aromatic heterocycles. The maximum absolute atomic E-state index is 11.3. The van der Waals surface area contributed by atoms with Crippen molar-refractivity contribution in [2.75, 3.05) is 7.11 Å². The monoisotopic (exact) mass is 201 g/mol. The van der Waals surface area contributed by atoms with E-state index in [-0.39, 0.29) is 17.8 Å². The van der Waals surface area contributed by atoms with Crippen molar-refractivity contribution in [3.8, 4) is 0 Å². The van der Waals surface area contributed by atoms with Crippen LogP contribution in [0.3, 0.4) is 0 Å². The molecular weight excluding hydrogens is 182 g/mol. The van der Waals surface area contributed by atoms with Crippen LogP contribution in [0.4, 0.5) is 0 Å². The van der Waals surface area contributed by atoms with Crippen LogP contribution in [0.15, 0.2) is 0 Å². The fraction of sp³-hybridized carbons (Fsp3) is 0.800. The first kappa shape index (κ1) is 12.9. The minimum atomic E-state index is -0.516. The highest BCUT2D eigenvalue weighted by Gasteiger charge is 2.25. The van der Waals surface area contributed by atoms with Crippen molar-refractivity contribution in [2.45, 2.75) is 39.7 Å². The van der Waals surface area contributed by atoms with Gasteiger partial charge in [-0.25, -0.2) is 4.79 Å². The summed E-state index contributed by atoms with van der Waals surface area (Å²) in [5.41, 5.74) is 0. The highest BCUT2D eigenvalue weighted by Crippen LogP contribution is 2.09. The highest BCUT2D eigenvalue weighted by molar-refractivity contribution is 5.84. The highest BCUT2D eigenvalue weighted by atomic mass is 16.5. The lowest BCUT2D eigenvalue weighted by molar-refractivity contribution is -0.146. The zero-order valence-electron chi connectivity index (χ0n) is 9.29. The van der Waals surface area contributed by atoms with Crippen molar-refractivity contribution in [1.82, 2.24) is 5.32 Å². The molecule has 4 heteroatoms. The third kappa shape index (κ3) is 3.77. The first-order chi connectivity index (χ1) is 6.56. The Hall–Kier alpha value is -1.06. The van der Waals surface area contributed by atoms with Crippen LogP contribution in [0.2, 0.25) is 0 Å². The minimum Gasteiger partial charge on any atom is -0.467 e. The van der Waals surface area contributed by atoms with Crippen LogP contribution >= 0.6 is 0 Å². The largest absolute Gasteiger partial charge is 0.467 e. The predicted octanol–water partition coefficient (Wildman–Crippen LogP) is 1.10. The van der Waals surface area contributed by atoms with Crippen molar-refractivity contribution in [1.29, 1.82) is 0 Å². The summed E-state index contributed by atoms with van der Waals surface area (Å²) in [7, 11) is 1.33. The molecule has 82 valence electrons. The van der Waals surface area contributed by atoms with E-state index in [1.54, 1.807) is 6.92 Å². The summed E-state index contributed by atoms with van der Waals surface area (Å²) in [6, 6.07) is -0.516. The number of carbonyl (C=O) groups is 2. The fourth-order valence-corrected chi connectivity index (χ4v) is 1.07. The molecule has 14 heavy (non-hydrogen) atoms. The molecule has 2 atom stereocenters. The third-order valence-electron chi connectivity index (χ3n) is 2.31. The number of amides is 1. The van der Waals surface area contributed by atoms with Crippen LogP contribution in [-0.4, -0.2) is 25.0 Å². The molecule has 1 N–H and O–H groups in total. The van der Waals surface area contributed by atoms with Gasteiger partial charge in [0.2, 0.25) is 5.91 Å². The molecule has 0 aromatic rings. The van der Waals surface area contributed by atoms with E-state index in [9.17, 15) is 9.59 Å². The Balaban J connectivity index is 4.39. The number of methoxy groups -OCH3 is 1. The quantitative estimate of drug-likeness (QED) is 0.678. The zero-order chi connectivity index (χ0) is 11.1. The smallest absolute Gasteiger partial charge is 0.328 e. The summed E-state index contributed by atoms with van der Waals surface area (Å²) in [5.74, 6) is -0.403. The molecular formula is C10H19NO3. The van der Waals surface area contributed by atoms with Gasteiger partial charge in [0.05, 0.1) is 7.11 Å². The first-order valence-electron chi connectivity index (χ1n) is 4.93. The van der Waals surface area contributed by atoms with Crippen LogP contribution in [0.5, 0.6) is 0 Å². The Kier molecular flexibility index (Phi) is 5.92. The standard InChI is InChI=1S/C10H19NO3/c1-5-7(3)9(10(13)14-4)11-8(12)6-2/h7,9H,5-6H2,1-4H3,(H,11,12). The lowest BCUT2D eigenvalue weighted by Crippen LogP contribution is -2.45. The van der Waals surface area contributed by atoms with Crippen LogP contribution in [0.1, 0.15) is 33.6 Å². The molecule has 0 aliphatic rings. The molecule has 0 aliphatic carbocycles. The summed E-state index contributed by atoms with van der Waals surface area (Å²) in [6.07, 6.45) is 1.20. The minimum absolute atomic E-state index is 0.0953. The van der Waals surface area contributed by atoms with Crippen molar-refractivity contribution < 1.29 is 14.3 Å². The summed E-state index contributed by atoms with van der Waals surface area (Å²) in [6.45, 7) is 5.64. The molecule has 0 saturated heterocycles. The number of ether oxygens (including phenoxy) is 1. The third-order valence-corrected chi connectivity index (χ3v) is 2.31. The second-order valence-electron chi connectivity index (χ2n) is 3.31. The van der Waals surface area contributed by atoms with Gasteiger partial charge >= 0.3 is 5.97 Å². The van der Waals surface area contributed by atoms with E-state index in [0.717, 1.165) is 6.42 Å². The van der Waals surface area contributed by atoms with Crippen molar-refractivity contribution in [3.05, 3.63) is 0 Å².